The monoisotopic (exact) mass is 373 g/mol. The molecular weight excluding hydrogens is 345 g/mol. The van der Waals surface area contributed by atoms with E-state index < -0.39 is 0 Å². The quantitative estimate of drug-likeness (QED) is 0.781. The van der Waals surface area contributed by atoms with Gasteiger partial charge >= 0.3 is 6.03 Å². The molecule has 1 N–H and O–H groups in total. The predicted octanol–water partition coefficient (Wildman–Crippen LogP) is 4.44. The molecule has 0 aliphatic heterocycles. The molecule has 0 aliphatic rings. The molecule has 0 spiro atoms. The summed E-state index contributed by atoms with van der Waals surface area (Å²) in [6, 6.07) is 10.00. The molecule has 0 fully saturated rings. The van der Waals surface area contributed by atoms with Gasteiger partial charge in [-0.05, 0) is 54.5 Å². The average Bonchev–Trinajstić information content (AvgIpc) is 2.66. The van der Waals surface area contributed by atoms with E-state index in [9.17, 15) is 9.18 Å². The summed E-state index contributed by atoms with van der Waals surface area (Å²) in [6.45, 7) is 6.67. The predicted molar refractivity (Wildman–Crippen MR) is 108 cm³/mol. The third-order valence-corrected chi connectivity index (χ3v) is 4.51. The number of urea groups is 1. The van der Waals surface area contributed by atoms with Gasteiger partial charge in [0.15, 0.2) is 0 Å². The van der Waals surface area contributed by atoms with E-state index in [1.807, 2.05) is 18.2 Å². The van der Waals surface area contributed by atoms with E-state index in [0.717, 1.165) is 29.9 Å². The van der Waals surface area contributed by atoms with E-state index in [1.54, 1.807) is 27.3 Å². The van der Waals surface area contributed by atoms with Crippen LogP contribution in [0.4, 0.5) is 14.9 Å². The minimum Gasteiger partial charge on any atom is -0.496 e. The SMILES string of the molecule is CCN(CC)Cc1cc(-c2cc(F)ccc2OC)ccc1NC(=O)N(C)C. The van der Waals surface area contributed by atoms with E-state index in [0.29, 0.717) is 17.9 Å². The van der Waals surface area contributed by atoms with E-state index in [4.69, 9.17) is 4.74 Å². The molecule has 146 valence electrons. The van der Waals surface area contributed by atoms with Crippen molar-refractivity contribution >= 4 is 11.7 Å². The van der Waals surface area contributed by atoms with E-state index >= 15 is 0 Å². The van der Waals surface area contributed by atoms with E-state index in [2.05, 4.69) is 24.1 Å². The lowest BCUT2D eigenvalue weighted by molar-refractivity contribution is 0.230. The van der Waals surface area contributed by atoms with Crippen LogP contribution in [0.2, 0.25) is 0 Å². The fourth-order valence-corrected chi connectivity index (χ4v) is 2.83. The third kappa shape index (κ3) is 5.20. The highest BCUT2D eigenvalue weighted by Gasteiger charge is 2.14. The van der Waals surface area contributed by atoms with Gasteiger partial charge in [-0.25, -0.2) is 9.18 Å². The van der Waals surface area contributed by atoms with Crippen LogP contribution >= 0.6 is 0 Å². The molecule has 0 heterocycles. The van der Waals surface area contributed by atoms with Gasteiger partial charge in [0, 0.05) is 31.9 Å². The number of amides is 2. The Morgan fingerprint density at radius 2 is 1.81 bits per heavy atom. The highest BCUT2D eigenvalue weighted by atomic mass is 19.1. The van der Waals surface area contributed by atoms with Crippen molar-refractivity contribution in [1.29, 1.82) is 0 Å². The maximum absolute atomic E-state index is 13.8. The zero-order chi connectivity index (χ0) is 20.0. The fraction of sp³-hybridized carbons (Fsp3) is 0.381. The number of benzene rings is 2. The lowest BCUT2D eigenvalue weighted by Crippen LogP contribution is -2.29. The van der Waals surface area contributed by atoms with Crippen LogP contribution in [0.5, 0.6) is 5.75 Å². The molecule has 0 saturated heterocycles. The number of hydrogen-bond donors (Lipinski definition) is 1. The van der Waals surface area contributed by atoms with Gasteiger partial charge in [-0.2, -0.15) is 0 Å². The molecular formula is C21H28FN3O2. The number of carbonyl (C=O) groups excluding carboxylic acids is 1. The second kappa shape index (κ2) is 9.37. The lowest BCUT2D eigenvalue weighted by atomic mass is 10.00. The number of ether oxygens (including phenoxy) is 1. The van der Waals surface area contributed by atoms with Gasteiger partial charge in [-0.1, -0.05) is 19.9 Å². The molecule has 2 amide bonds. The molecule has 6 heteroatoms. The fourth-order valence-electron chi connectivity index (χ4n) is 2.83. The molecule has 0 unspecified atom stereocenters. The molecule has 0 aromatic heterocycles. The zero-order valence-corrected chi connectivity index (χ0v) is 16.7. The highest BCUT2D eigenvalue weighted by Crippen LogP contribution is 2.33. The topological polar surface area (TPSA) is 44.8 Å². The first-order valence-corrected chi connectivity index (χ1v) is 9.07. The summed E-state index contributed by atoms with van der Waals surface area (Å²) in [5.74, 6) is 0.288. The summed E-state index contributed by atoms with van der Waals surface area (Å²) in [7, 11) is 4.97. The number of rotatable bonds is 7. The molecule has 0 bridgehead atoms. The summed E-state index contributed by atoms with van der Waals surface area (Å²) in [5, 5.41) is 2.94. The Morgan fingerprint density at radius 1 is 1.11 bits per heavy atom. The van der Waals surface area contributed by atoms with Crippen LogP contribution in [0, 0.1) is 5.82 Å². The Morgan fingerprint density at radius 3 is 2.41 bits per heavy atom. The van der Waals surface area contributed by atoms with Crippen LogP contribution in [0.3, 0.4) is 0 Å². The molecule has 5 nitrogen and oxygen atoms in total. The van der Waals surface area contributed by atoms with Gasteiger partial charge in [0.25, 0.3) is 0 Å². The normalized spacial score (nSPS) is 10.8. The standard InChI is InChI=1S/C21H28FN3O2/c1-6-25(7-2)14-16-12-15(8-10-19(16)23-21(26)24(3)4)18-13-17(22)9-11-20(18)27-5/h8-13H,6-7,14H2,1-5H3,(H,23,26). The van der Waals surface area contributed by atoms with Crippen molar-refractivity contribution in [2.75, 3.05) is 39.6 Å². The van der Waals surface area contributed by atoms with Crippen LogP contribution in [-0.4, -0.2) is 50.1 Å². The molecule has 2 aromatic carbocycles. The van der Waals surface area contributed by atoms with E-state index in [1.165, 1.54) is 17.0 Å². The van der Waals surface area contributed by atoms with Crippen LogP contribution < -0.4 is 10.1 Å². The first kappa shape index (κ1) is 20.7. The van der Waals surface area contributed by atoms with Crippen LogP contribution in [0.15, 0.2) is 36.4 Å². The van der Waals surface area contributed by atoms with Crippen molar-refractivity contribution in [3.05, 3.63) is 47.8 Å². The summed E-state index contributed by atoms with van der Waals surface area (Å²) in [4.78, 5) is 15.9. The van der Waals surface area contributed by atoms with E-state index in [-0.39, 0.29) is 11.8 Å². The zero-order valence-electron chi connectivity index (χ0n) is 16.7. The number of hydrogen-bond acceptors (Lipinski definition) is 3. The van der Waals surface area contributed by atoms with Crippen molar-refractivity contribution in [1.82, 2.24) is 9.80 Å². The van der Waals surface area contributed by atoms with Crippen molar-refractivity contribution in [3.63, 3.8) is 0 Å². The summed E-state index contributed by atoms with van der Waals surface area (Å²) in [6.07, 6.45) is 0. The Labute approximate surface area is 160 Å². The first-order valence-electron chi connectivity index (χ1n) is 9.07. The number of nitrogens with one attached hydrogen (secondary N) is 1. The van der Waals surface area contributed by atoms with Crippen molar-refractivity contribution < 1.29 is 13.9 Å². The second-order valence-electron chi connectivity index (χ2n) is 6.50. The molecule has 0 radical (unpaired) electrons. The largest absolute Gasteiger partial charge is 0.496 e. The number of halogens is 1. The Balaban J connectivity index is 2.50. The highest BCUT2D eigenvalue weighted by molar-refractivity contribution is 5.90. The minimum atomic E-state index is -0.318. The molecule has 2 rings (SSSR count). The minimum absolute atomic E-state index is 0.188. The second-order valence-corrected chi connectivity index (χ2v) is 6.50. The summed E-state index contributed by atoms with van der Waals surface area (Å²) < 4.78 is 19.2. The van der Waals surface area contributed by atoms with Crippen molar-refractivity contribution in [2.24, 2.45) is 0 Å². The Kier molecular flexibility index (Phi) is 7.19. The van der Waals surface area contributed by atoms with Gasteiger partial charge in [0.2, 0.25) is 0 Å². The van der Waals surface area contributed by atoms with Gasteiger partial charge < -0.3 is 15.0 Å². The van der Waals surface area contributed by atoms with Gasteiger partial charge in [0.05, 0.1) is 7.11 Å². The summed E-state index contributed by atoms with van der Waals surface area (Å²) >= 11 is 0. The van der Waals surface area contributed by atoms with Crippen LogP contribution in [0.1, 0.15) is 19.4 Å². The molecule has 0 aliphatic carbocycles. The number of methoxy groups -OCH3 is 1. The maximum atomic E-state index is 13.8. The Hall–Kier alpha value is -2.60. The smallest absolute Gasteiger partial charge is 0.321 e. The molecule has 0 saturated carbocycles. The van der Waals surface area contributed by atoms with Gasteiger partial charge in [-0.3, -0.25) is 4.90 Å². The summed E-state index contributed by atoms with van der Waals surface area (Å²) in [5.41, 5.74) is 3.25. The van der Waals surface area contributed by atoms with Gasteiger partial charge in [-0.15, -0.1) is 0 Å². The van der Waals surface area contributed by atoms with Crippen LogP contribution in [-0.2, 0) is 6.54 Å². The van der Waals surface area contributed by atoms with Crippen molar-refractivity contribution in [2.45, 2.75) is 20.4 Å². The van der Waals surface area contributed by atoms with Crippen LogP contribution in [0.25, 0.3) is 11.1 Å². The first-order chi connectivity index (χ1) is 12.9. The number of anilines is 1. The molecule has 27 heavy (non-hydrogen) atoms. The molecule has 0 atom stereocenters. The molecule has 2 aromatic rings. The average molecular weight is 373 g/mol. The van der Waals surface area contributed by atoms with Gasteiger partial charge in [0.1, 0.15) is 11.6 Å². The Bertz CT molecular complexity index is 789. The third-order valence-electron chi connectivity index (χ3n) is 4.51. The number of nitrogens with zero attached hydrogens (tertiary/aromatic N) is 2. The number of carbonyl (C=O) groups is 1. The lowest BCUT2D eigenvalue weighted by Gasteiger charge is -2.22. The maximum Gasteiger partial charge on any atom is 0.321 e. The van der Waals surface area contributed by atoms with Crippen molar-refractivity contribution in [3.8, 4) is 16.9 Å².